The lowest BCUT2D eigenvalue weighted by Crippen LogP contribution is -2.39. The zero-order valence-corrected chi connectivity index (χ0v) is 14.5. The van der Waals surface area contributed by atoms with Crippen molar-refractivity contribution in [1.82, 2.24) is 9.88 Å². The van der Waals surface area contributed by atoms with Crippen LogP contribution in [-0.4, -0.2) is 35.6 Å². The first-order valence-corrected chi connectivity index (χ1v) is 9.15. The molecule has 2 saturated heterocycles. The van der Waals surface area contributed by atoms with Crippen LogP contribution in [0.3, 0.4) is 0 Å². The van der Waals surface area contributed by atoms with Gasteiger partial charge in [-0.15, -0.1) is 0 Å². The summed E-state index contributed by atoms with van der Waals surface area (Å²) in [5.74, 6) is 1.19. The minimum absolute atomic E-state index is 0.566. The number of aromatic nitrogens is 1. The second-order valence-corrected chi connectivity index (χ2v) is 7.23. The number of hydrogen-bond acceptors (Lipinski definition) is 3. The molecule has 0 amide bonds. The van der Waals surface area contributed by atoms with Gasteiger partial charge >= 0.3 is 0 Å². The second-order valence-electron chi connectivity index (χ2n) is 7.23. The molecule has 1 atom stereocenters. The number of rotatable bonds is 3. The first kappa shape index (κ1) is 15.8. The van der Waals surface area contributed by atoms with E-state index in [0.29, 0.717) is 12.1 Å². The Morgan fingerprint density at radius 2 is 1.73 bits per heavy atom. The van der Waals surface area contributed by atoms with Crippen LogP contribution in [-0.2, 0) is 0 Å². The average molecular weight is 301 g/mol. The molecule has 0 N–H and O–H groups in total. The third-order valence-electron chi connectivity index (χ3n) is 5.36. The van der Waals surface area contributed by atoms with Gasteiger partial charge in [0.15, 0.2) is 0 Å². The molecule has 3 heteroatoms. The minimum Gasteiger partial charge on any atom is -0.357 e. The van der Waals surface area contributed by atoms with E-state index in [-0.39, 0.29) is 0 Å². The molecule has 22 heavy (non-hydrogen) atoms. The van der Waals surface area contributed by atoms with Crippen LogP contribution in [0.1, 0.15) is 69.7 Å². The van der Waals surface area contributed by atoms with Crippen LogP contribution < -0.4 is 4.90 Å². The molecule has 2 aliphatic rings. The van der Waals surface area contributed by atoms with E-state index in [4.69, 9.17) is 4.98 Å². The lowest BCUT2D eigenvalue weighted by molar-refractivity contribution is 0.111. The summed E-state index contributed by atoms with van der Waals surface area (Å²) in [6, 6.07) is 5.81. The molecule has 2 aliphatic heterocycles. The molecule has 1 aromatic heterocycles. The molecule has 0 saturated carbocycles. The van der Waals surface area contributed by atoms with E-state index in [1.165, 1.54) is 75.2 Å². The van der Waals surface area contributed by atoms with Crippen molar-refractivity contribution in [1.29, 1.82) is 0 Å². The fourth-order valence-corrected chi connectivity index (χ4v) is 4.12. The molecule has 3 rings (SSSR count). The average Bonchev–Trinajstić information content (AvgIpc) is 2.55. The zero-order valence-electron chi connectivity index (χ0n) is 14.5. The van der Waals surface area contributed by atoms with Crippen LogP contribution in [0.15, 0.2) is 12.1 Å². The van der Waals surface area contributed by atoms with Crippen molar-refractivity contribution in [2.75, 3.05) is 24.5 Å². The van der Waals surface area contributed by atoms with Gasteiger partial charge in [-0.3, -0.25) is 4.90 Å². The Hall–Kier alpha value is -1.09. The smallest absolute Gasteiger partial charge is 0.128 e. The molecule has 122 valence electrons. The van der Waals surface area contributed by atoms with Crippen molar-refractivity contribution in [3.05, 3.63) is 23.4 Å². The van der Waals surface area contributed by atoms with Crippen molar-refractivity contribution in [3.63, 3.8) is 0 Å². The van der Waals surface area contributed by atoms with Gasteiger partial charge in [0, 0.05) is 30.9 Å². The molecule has 0 radical (unpaired) electrons. The van der Waals surface area contributed by atoms with Crippen molar-refractivity contribution < 1.29 is 0 Å². The summed E-state index contributed by atoms with van der Waals surface area (Å²) in [6.07, 6.45) is 7.97. The number of nitrogens with zero attached hydrogens (tertiary/aromatic N) is 3. The largest absolute Gasteiger partial charge is 0.357 e. The molecular formula is C19H31N3. The summed E-state index contributed by atoms with van der Waals surface area (Å²) in [5.41, 5.74) is 2.69. The Morgan fingerprint density at radius 1 is 1.00 bits per heavy atom. The molecule has 0 unspecified atom stereocenters. The van der Waals surface area contributed by atoms with Crippen molar-refractivity contribution >= 4 is 5.82 Å². The van der Waals surface area contributed by atoms with Crippen LogP contribution in [0.4, 0.5) is 5.82 Å². The Balaban J connectivity index is 1.81. The van der Waals surface area contributed by atoms with Crippen molar-refractivity contribution in [2.24, 2.45) is 0 Å². The van der Waals surface area contributed by atoms with Gasteiger partial charge in [-0.05, 0) is 71.0 Å². The Labute approximate surface area is 135 Å². The third kappa shape index (κ3) is 3.29. The predicted molar refractivity (Wildman–Crippen MR) is 93.5 cm³/mol. The summed E-state index contributed by atoms with van der Waals surface area (Å²) >= 11 is 0. The highest BCUT2D eigenvalue weighted by Crippen LogP contribution is 2.34. The summed E-state index contributed by atoms with van der Waals surface area (Å²) in [6.45, 7) is 10.4. The first-order chi connectivity index (χ1) is 10.7. The van der Waals surface area contributed by atoms with Gasteiger partial charge in [0.05, 0.1) is 0 Å². The lowest BCUT2D eigenvalue weighted by Gasteiger charge is -2.39. The van der Waals surface area contributed by atoms with Gasteiger partial charge in [-0.25, -0.2) is 4.98 Å². The highest BCUT2D eigenvalue weighted by atomic mass is 15.2. The van der Waals surface area contributed by atoms with Crippen LogP contribution in [0.2, 0.25) is 0 Å². The fourth-order valence-electron chi connectivity index (χ4n) is 4.12. The monoisotopic (exact) mass is 301 g/mol. The number of pyridine rings is 1. The Bertz CT molecular complexity index is 491. The highest BCUT2D eigenvalue weighted by molar-refractivity contribution is 5.43. The maximum Gasteiger partial charge on any atom is 0.128 e. The molecule has 0 aliphatic carbocycles. The topological polar surface area (TPSA) is 19.4 Å². The summed E-state index contributed by atoms with van der Waals surface area (Å²) in [4.78, 5) is 10.1. The fraction of sp³-hybridized carbons (Fsp3) is 0.737. The number of piperidine rings is 2. The first-order valence-electron chi connectivity index (χ1n) is 9.15. The summed E-state index contributed by atoms with van der Waals surface area (Å²) in [7, 11) is 0. The van der Waals surface area contributed by atoms with Crippen molar-refractivity contribution in [3.8, 4) is 0 Å². The van der Waals surface area contributed by atoms with E-state index in [1.54, 1.807) is 0 Å². The van der Waals surface area contributed by atoms with Crippen LogP contribution >= 0.6 is 0 Å². The molecule has 3 heterocycles. The number of aryl methyl sites for hydroxylation is 1. The standard InChI is InChI=1S/C19H31N3/c1-15(2)22-14-8-5-9-18(22)17-10-11-19(20-16(17)3)21-12-6-4-7-13-21/h10-11,15,18H,4-9,12-14H2,1-3H3/t18-/m0/s1. The molecule has 0 aromatic carbocycles. The third-order valence-corrected chi connectivity index (χ3v) is 5.36. The summed E-state index contributed by atoms with van der Waals surface area (Å²) < 4.78 is 0. The lowest BCUT2D eigenvalue weighted by atomic mass is 9.93. The quantitative estimate of drug-likeness (QED) is 0.829. The van der Waals surface area contributed by atoms with Gasteiger partial charge in [0.1, 0.15) is 5.82 Å². The number of likely N-dealkylation sites (tertiary alicyclic amines) is 1. The van der Waals surface area contributed by atoms with E-state index in [1.807, 2.05) is 0 Å². The van der Waals surface area contributed by atoms with Crippen molar-refractivity contribution in [2.45, 2.75) is 71.4 Å². The molecule has 2 fully saturated rings. The van der Waals surface area contributed by atoms with Gasteiger partial charge in [0.2, 0.25) is 0 Å². The van der Waals surface area contributed by atoms with Gasteiger partial charge in [0.25, 0.3) is 0 Å². The van der Waals surface area contributed by atoms with Gasteiger partial charge < -0.3 is 4.90 Å². The molecule has 0 bridgehead atoms. The maximum atomic E-state index is 4.97. The number of anilines is 1. The minimum atomic E-state index is 0.566. The van der Waals surface area contributed by atoms with Gasteiger partial charge in [-0.1, -0.05) is 12.5 Å². The SMILES string of the molecule is Cc1nc(N2CCCCC2)ccc1[C@@H]1CCCCN1C(C)C. The van der Waals surface area contributed by atoms with Crippen LogP contribution in [0.5, 0.6) is 0 Å². The maximum absolute atomic E-state index is 4.97. The number of hydrogen-bond donors (Lipinski definition) is 0. The van der Waals surface area contributed by atoms with E-state index >= 15 is 0 Å². The molecule has 1 aromatic rings. The zero-order chi connectivity index (χ0) is 15.5. The molecule has 3 nitrogen and oxygen atoms in total. The summed E-state index contributed by atoms with van der Waals surface area (Å²) in [5, 5.41) is 0. The second kappa shape index (κ2) is 6.99. The Morgan fingerprint density at radius 3 is 2.41 bits per heavy atom. The molecular weight excluding hydrogens is 270 g/mol. The van der Waals surface area contributed by atoms with E-state index in [2.05, 4.69) is 42.7 Å². The van der Waals surface area contributed by atoms with E-state index < -0.39 is 0 Å². The normalized spacial score (nSPS) is 24.0. The predicted octanol–water partition coefficient (Wildman–Crippen LogP) is 4.32. The van der Waals surface area contributed by atoms with E-state index in [0.717, 1.165) is 0 Å². The van der Waals surface area contributed by atoms with Gasteiger partial charge in [-0.2, -0.15) is 0 Å². The van der Waals surface area contributed by atoms with Crippen LogP contribution in [0, 0.1) is 6.92 Å². The molecule has 0 spiro atoms. The Kier molecular flexibility index (Phi) is 5.02. The van der Waals surface area contributed by atoms with Crippen LogP contribution in [0.25, 0.3) is 0 Å². The van der Waals surface area contributed by atoms with E-state index in [9.17, 15) is 0 Å². The highest BCUT2D eigenvalue weighted by Gasteiger charge is 2.27.